The van der Waals surface area contributed by atoms with Crippen LogP contribution in [0.25, 0.3) is 0 Å². The molecule has 0 unspecified atom stereocenters. The van der Waals surface area contributed by atoms with Crippen LogP contribution in [0.1, 0.15) is 0 Å². The van der Waals surface area contributed by atoms with Crippen molar-refractivity contribution in [1.82, 2.24) is 0 Å². The standard InChI is InChI=1S/C14H13N5O/c20-15-11-14(18-16-12-7-3-1-4-8-12)19-17-13-9-5-2-6-10-13/h1-11,16,20H. The van der Waals surface area contributed by atoms with Gasteiger partial charge in [0.2, 0.25) is 5.84 Å². The number of anilines is 1. The summed E-state index contributed by atoms with van der Waals surface area (Å²) in [5.41, 5.74) is 4.28. The van der Waals surface area contributed by atoms with E-state index in [1.54, 1.807) is 0 Å². The van der Waals surface area contributed by atoms with Crippen LogP contribution >= 0.6 is 0 Å². The van der Waals surface area contributed by atoms with Gasteiger partial charge in [-0.3, -0.25) is 5.43 Å². The lowest BCUT2D eigenvalue weighted by atomic mass is 10.3. The van der Waals surface area contributed by atoms with Gasteiger partial charge in [-0.25, -0.2) is 0 Å². The van der Waals surface area contributed by atoms with Gasteiger partial charge in [0, 0.05) is 0 Å². The van der Waals surface area contributed by atoms with Gasteiger partial charge in [-0.15, -0.1) is 10.2 Å². The lowest BCUT2D eigenvalue weighted by Gasteiger charge is -1.98. The molecule has 0 aliphatic heterocycles. The minimum Gasteiger partial charge on any atom is -0.411 e. The highest BCUT2D eigenvalue weighted by atomic mass is 16.4. The summed E-state index contributed by atoms with van der Waals surface area (Å²) in [6, 6.07) is 18.6. The van der Waals surface area contributed by atoms with E-state index in [9.17, 15) is 0 Å². The van der Waals surface area contributed by atoms with Crippen molar-refractivity contribution < 1.29 is 5.21 Å². The van der Waals surface area contributed by atoms with Gasteiger partial charge in [0.25, 0.3) is 0 Å². The van der Waals surface area contributed by atoms with Crippen LogP contribution in [0.15, 0.2) is 81.1 Å². The molecule has 0 heterocycles. The molecule has 0 atom stereocenters. The van der Waals surface area contributed by atoms with Crippen LogP contribution < -0.4 is 5.43 Å². The number of amidine groups is 1. The monoisotopic (exact) mass is 267 g/mol. The summed E-state index contributed by atoms with van der Waals surface area (Å²) in [5, 5.41) is 23.4. The van der Waals surface area contributed by atoms with Crippen molar-refractivity contribution in [3.8, 4) is 0 Å². The quantitative estimate of drug-likeness (QED) is 0.291. The summed E-state index contributed by atoms with van der Waals surface area (Å²) >= 11 is 0. The van der Waals surface area contributed by atoms with E-state index in [2.05, 4.69) is 25.9 Å². The van der Waals surface area contributed by atoms with Gasteiger partial charge in [-0.2, -0.15) is 5.10 Å². The van der Waals surface area contributed by atoms with Crippen LogP contribution in [0.4, 0.5) is 11.4 Å². The number of nitrogens with zero attached hydrogens (tertiary/aromatic N) is 4. The first-order valence-corrected chi connectivity index (χ1v) is 5.91. The van der Waals surface area contributed by atoms with Crippen molar-refractivity contribution in [3.05, 3.63) is 60.7 Å². The molecule has 2 rings (SSSR count). The van der Waals surface area contributed by atoms with E-state index in [0.717, 1.165) is 11.9 Å². The summed E-state index contributed by atoms with van der Waals surface area (Å²) in [6.45, 7) is 0. The van der Waals surface area contributed by atoms with Crippen molar-refractivity contribution in [2.45, 2.75) is 0 Å². The second-order valence-electron chi connectivity index (χ2n) is 3.73. The number of hydrogen-bond acceptors (Lipinski definition) is 5. The second kappa shape index (κ2) is 7.42. The highest BCUT2D eigenvalue weighted by Gasteiger charge is 1.94. The zero-order chi connectivity index (χ0) is 14.0. The van der Waals surface area contributed by atoms with E-state index in [4.69, 9.17) is 5.21 Å². The van der Waals surface area contributed by atoms with Gasteiger partial charge < -0.3 is 5.21 Å². The first kappa shape index (κ1) is 13.4. The molecule has 6 nitrogen and oxygen atoms in total. The minimum atomic E-state index is 0.153. The molecule has 0 spiro atoms. The molecule has 0 amide bonds. The molecular weight excluding hydrogens is 254 g/mol. The fourth-order valence-electron chi connectivity index (χ4n) is 1.37. The number of hydrogen-bond donors (Lipinski definition) is 2. The number of para-hydroxylation sites is 1. The average molecular weight is 267 g/mol. The third-order valence-electron chi connectivity index (χ3n) is 2.27. The molecule has 0 aromatic heterocycles. The summed E-state index contributed by atoms with van der Waals surface area (Å²) in [6.07, 6.45) is 1.10. The Morgan fingerprint density at radius 1 is 0.950 bits per heavy atom. The Labute approximate surface area is 116 Å². The zero-order valence-corrected chi connectivity index (χ0v) is 10.6. The molecule has 0 radical (unpaired) electrons. The number of hydrazone groups is 1. The van der Waals surface area contributed by atoms with Gasteiger partial charge >= 0.3 is 0 Å². The molecule has 0 saturated carbocycles. The minimum absolute atomic E-state index is 0.153. The molecule has 2 aromatic carbocycles. The van der Waals surface area contributed by atoms with Crippen LogP contribution in [-0.4, -0.2) is 17.3 Å². The van der Waals surface area contributed by atoms with Gasteiger partial charge in [0.1, 0.15) is 6.21 Å². The number of nitrogens with one attached hydrogen (secondary N) is 1. The zero-order valence-electron chi connectivity index (χ0n) is 10.6. The predicted molar refractivity (Wildman–Crippen MR) is 78.7 cm³/mol. The van der Waals surface area contributed by atoms with Crippen LogP contribution in [0.5, 0.6) is 0 Å². The Morgan fingerprint density at radius 2 is 1.60 bits per heavy atom. The van der Waals surface area contributed by atoms with Crippen LogP contribution in [0, 0.1) is 0 Å². The molecule has 2 N–H and O–H groups in total. The molecule has 20 heavy (non-hydrogen) atoms. The van der Waals surface area contributed by atoms with Gasteiger partial charge in [0.15, 0.2) is 0 Å². The molecule has 0 fully saturated rings. The maximum atomic E-state index is 8.59. The Bertz CT molecular complexity index is 608. The third-order valence-corrected chi connectivity index (χ3v) is 2.27. The Hall–Kier alpha value is -3.02. The second-order valence-corrected chi connectivity index (χ2v) is 3.73. The predicted octanol–water partition coefficient (Wildman–Crippen LogP) is 3.66. The smallest absolute Gasteiger partial charge is 0.215 e. The summed E-state index contributed by atoms with van der Waals surface area (Å²) in [5.74, 6) is 0.153. The van der Waals surface area contributed by atoms with Gasteiger partial charge in [-0.1, -0.05) is 41.6 Å². The Kier molecular flexibility index (Phi) is 4.98. The van der Waals surface area contributed by atoms with Crippen LogP contribution in [0.3, 0.4) is 0 Å². The fraction of sp³-hybridized carbons (Fsp3) is 0. The molecule has 6 heteroatoms. The SMILES string of the molecule is ON=CC(N=Nc1ccccc1)=NNc1ccccc1. The topological polar surface area (TPSA) is 81.7 Å². The molecule has 2 aromatic rings. The highest BCUT2D eigenvalue weighted by Crippen LogP contribution is 2.10. The molecule has 0 aliphatic carbocycles. The first-order chi connectivity index (χ1) is 9.88. The van der Waals surface area contributed by atoms with Gasteiger partial charge in [-0.05, 0) is 24.3 Å². The van der Waals surface area contributed by atoms with E-state index in [0.29, 0.717) is 5.69 Å². The summed E-state index contributed by atoms with van der Waals surface area (Å²) in [7, 11) is 0. The van der Waals surface area contributed by atoms with E-state index in [1.165, 1.54) is 0 Å². The number of azo groups is 1. The maximum absolute atomic E-state index is 8.59. The van der Waals surface area contributed by atoms with E-state index in [-0.39, 0.29) is 5.84 Å². The van der Waals surface area contributed by atoms with E-state index in [1.807, 2.05) is 60.7 Å². The van der Waals surface area contributed by atoms with E-state index >= 15 is 0 Å². The fourth-order valence-corrected chi connectivity index (χ4v) is 1.37. The summed E-state index contributed by atoms with van der Waals surface area (Å²) in [4.78, 5) is 0. The van der Waals surface area contributed by atoms with Crippen molar-refractivity contribution in [1.29, 1.82) is 0 Å². The molecule has 0 aliphatic rings. The van der Waals surface area contributed by atoms with Crippen molar-refractivity contribution >= 4 is 23.4 Å². The largest absolute Gasteiger partial charge is 0.411 e. The lowest BCUT2D eigenvalue weighted by Crippen LogP contribution is -2.00. The van der Waals surface area contributed by atoms with Crippen molar-refractivity contribution in [2.75, 3.05) is 5.43 Å². The van der Waals surface area contributed by atoms with E-state index < -0.39 is 0 Å². The molecule has 100 valence electrons. The van der Waals surface area contributed by atoms with Crippen LogP contribution in [-0.2, 0) is 0 Å². The van der Waals surface area contributed by atoms with Crippen LogP contribution in [0.2, 0.25) is 0 Å². The normalized spacial score (nSPS) is 12.1. The summed E-state index contributed by atoms with van der Waals surface area (Å²) < 4.78 is 0. The molecule has 0 saturated heterocycles. The highest BCUT2D eigenvalue weighted by molar-refractivity contribution is 6.29. The number of oxime groups is 1. The maximum Gasteiger partial charge on any atom is 0.215 e. The first-order valence-electron chi connectivity index (χ1n) is 5.91. The molecular formula is C14H13N5O. The number of rotatable bonds is 4. The van der Waals surface area contributed by atoms with Crippen molar-refractivity contribution in [3.63, 3.8) is 0 Å². The third kappa shape index (κ3) is 4.34. The average Bonchev–Trinajstić information content (AvgIpc) is 2.52. The van der Waals surface area contributed by atoms with Gasteiger partial charge in [0.05, 0.1) is 11.4 Å². The number of benzene rings is 2. The Balaban J connectivity index is 2.09. The van der Waals surface area contributed by atoms with Crippen molar-refractivity contribution in [2.24, 2.45) is 20.5 Å². The lowest BCUT2D eigenvalue weighted by molar-refractivity contribution is 0.322. The Morgan fingerprint density at radius 3 is 2.25 bits per heavy atom. The molecule has 0 bridgehead atoms.